The van der Waals surface area contributed by atoms with Gasteiger partial charge in [0, 0.05) is 0 Å². The van der Waals surface area contributed by atoms with Gasteiger partial charge in [-0.2, -0.15) is 0 Å². The molecule has 7 nitrogen and oxygen atoms in total. The predicted octanol–water partition coefficient (Wildman–Crippen LogP) is 1.98. The zero-order valence-corrected chi connectivity index (χ0v) is 14.3. The van der Waals surface area contributed by atoms with Gasteiger partial charge in [-0.05, 0) is 38.8 Å². The Kier molecular flexibility index (Phi) is 6.62. The molecule has 2 amide bonds. The minimum absolute atomic E-state index is 0.00837. The number of amides is 2. The van der Waals surface area contributed by atoms with E-state index in [9.17, 15) is 14.7 Å². The topological polar surface area (TPSA) is 101 Å². The van der Waals surface area contributed by atoms with Gasteiger partial charge in [0.15, 0.2) is 0 Å². The lowest BCUT2D eigenvalue weighted by atomic mass is 10.0. The lowest BCUT2D eigenvalue weighted by Crippen LogP contribution is -2.51. The van der Waals surface area contributed by atoms with Crippen LogP contribution in [-0.4, -0.2) is 35.3 Å². The van der Waals surface area contributed by atoms with E-state index in [0.717, 1.165) is 0 Å². The first kappa shape index (κ1) is 19.0. The molecule has 0 aliphatic carbocycles. The van der Waals surface area contributed by atoms with E-state index >= 15 is 0 Å². The Morgan fingerprint density at radius 2 is 2.00 bits per heavy atom. The van der Waals surface area contributed by atoms with Crippen LogP contribution in [0, 0.1) is 5.92 Å². The van der Waals surface area contributed by atoms with E-state index in [1.807, 2.05) is 13.8 Å². The number of rotatable bonds is 6. The molecule has 1 aromatic heterocycles. The average molecular weight is 326 g/mol. The summed E-state index contributed by atoms with van der Waals surface area (Å²) < 4.78 is 10.2. The molecule has 1 aromatic rings. The number of nitrogens with one attached hydrogen (secondary N) is 2. The Hall–Kier alpha value is -2.02. The van der Waals surface area contributed by atoms with Crippen LogP contribution in [-0.2, 0) is 9.53 Å². The van der Waals surface area contributed by atoms with Crippen LogP contribution in [0.1, 0.15) is 46.5 Å². The quantitative estimate of drug-likeness (QED) is 0.742. The van der Waals surface area contributed by atoms with E-state index in [4.69, 9.17) is 9.15 Å². The van der Waals surface area contributed by atoms with Crippen LogP contribution in [0.4, 0.5) is 4.79 Å². The maximum atomic E-state index is 12.2. The van der Waals surface area contributed by atoms with Crippen molar-refractivity contribution in [2.45, 2.75) is 52.4 Å². The first-order valence-electron chi connectivity index (χ1n) is 7.59. The van der Waals surface area contributed by atoms with Crippen LogP contribution in [0.2, 0.25) is 0 Å². The van der Waals surface area contributed by atoms with Gasteiger partial charge in [0.05, 0.1) is 12.8 Å². The molecule has 23 heavy (non-hydrogen) atoms. The molecule has 0 saturated heterocycles. The first-order valence-corrected chi connectivity index (χ1v) is 7.59. The Labute approximate surface area is 136 Å². The van der Waals surface area contributed by atoms with Gasteiger partial charge in [-0.15, -0.1) is 0 Å². The molecule has 3 N–H and O–H groups in total. The van der Waals surface area contributed by atoms with Gasteiger partial charge in [0.25, 0.3) is 0 Å². The maximum absolute atomic E-state index is 12.2. The smallest absolute Gasteiger partial charge is 0.408 e. The van der Waals surface area contributed by atoms with Crippen LogP contribution in [0.25, 0.3) is 0 Å². The van der Waals surface area contributed by atoms with Gasteiger partial charge < -0.3 is 24.9 Å². The molecule has 0 radical (unpaired) electrons. The van der Waals surface area contributed by atoms with E-state index in [1.165, 1.54) is 6.26 Å². The van der Waals surface area contributed by atoms with E-state index in [1.54, 1.807) is 32.9 Å². The van der Waals surface area contributed by atoms with Gasteiger partial charge in [0.1, 0.15) is 23.5 Å². The van der Waals surface area contributed by atoms with Crippen LogP contribution < -0.4 is 10.6 Å². The van der Waals surface area contributed by atoms with Gasteiger partial charge >= 0.3 is 6.09 Å². The number of aliphatic hydroxyl groups is 1. The highest BCUT2D eigenvalue weighted by Crippen LogP contribution is 2.12. The molecule has 0 saturated carbocycles. The minimum Gasteiger partial charge on any atom is -0.467 e. The molecular weight excluding hydrogens is 300 g/mol. The van der Waals surface area contributed by atoms with Gasteiger partial charge in [-0.3, -0.25) is 4.79 Å². The van der Waals surface area contributed by atoms with E-state index in [2.05, 4.69) is 10.6 Å². The Morgan fingerprint density at radius 3 is 2.48 bits per heavy atom. The molecule has 0 spiro atoms. The Balaban J connectivity index is 2.56. The van der Waals surface area contributed by atoms with Crippen LogP contribution in [0.3, 0.4) is 0 Å². The number of ether oxygens (including phenoxy) is 1. The van der Waals surface area contributed by atoms with E-state index < -0.39 is 29.7 Å². The monoisotopic (exact) mass is 326 g/mol. The second-order valence-electron chi connectivity index (χ2n) is 6.64. The number of carbonyl (C=O) groups is 2. The summed E-state index contributed by atoms with van der Waals surface area (Å²) in [6.45, 7) is 8.85. The van der Waals surface area contributed by atoms with Crippen molar-refractivity contribution in [1.82, 2.24) is 10.6 Å². The third-order valence-corrected chi connectivity index (χ3v) is 2.96. The summed E-state index contributed by atoms with van der Waals surface area (Å²) >= 11 is 0. The largest absolute Gasteiger partial charge is 0.467 e. The van der Waals surface area contributed by atoms with Gasteiger partial charge in [0.2, 0.25) is 5.91 Å². The number of alkyl carbamates (subject to hydrolysis) is 1. The van der Waals surface area contributed by atoms with Crippen molar-refractivity contribution >= 4 is 12.0 Å². The van der Waals surface area contributed by atoms with Crippen molar-refractivity contribution in [3.05, 3.63) is 24.2 Å². The second kappa shape index (κ2) is 8.01. The lowest BCUT2D eigenvalue weighted by molar-refractivity contribution is -0.124. The molecule has 0 bridgehead atoms. The summed E-state index contributed by atoms with van der Waals surface area (Å²) in [7, 11) is 0. The molecule has 0 fully saturated rings. The number of aliphatic hydroxyl groups excluding tert-OH is 1. The molecule has 0 aromatic carbocycles. The van der Waals surface area contributed by atoms with E-state index in [0.29, 0.717) is 5.76 Å². The molecular formula is C16H26N2O5. The van der Waals surface area contributed by atoms with Crippen molar-refractivity contribution in [2.24, 2.45) is 5.92 Å². The zero-order valence-electron chi connectivity index (χ0n) is 14.3. The fourth-order valence-electron chi connectivity index (χ4n) is 1.86. The summed E-state index contributed by atoms with van der Waals surface area (Å²) in [5, 5.41) is 15.0. The molecule has 0 aliphatic rings. The Bertz CT molecular complexity index is 505. The predicted molar refractivity (Wildman–Crippen MR) is 84.7 cm³/mol. The number of hydrogen-bond acceptors (Lipinski definition) is 5. The van der Waals surface area contributed by atoms with E-state index in [-0.39, 0.29) is 12.5 Å². The van der Waals surface area contributed by atoms with Crippen molar-refractivity contribution in [1.29, 1.82) is 0 Å². The summed E-state index contributed by atoms with van der Waals surface area (Å²) in [5.41, 5.74) is -0.641. The van der Waals surface area contributed by atoms with Crippen molar-refractivity contribution < 1.29 is 23.8 Å². The number of carbonyl (C=O) groups excluding carboxylic acids is 2. The van der Waals surface area contributed by atoms with Gasteiger partial charge in [-0.25, -0.2) is 4.79 Å². The number of hydrogen-bond donors (Lipinski definition) is 3. The second-order valence-corrected chi connectivity index (χ2v) is 6.64. The van der Waals surface area contributed by atoms with Crippen LogP contribution in [0.5, 0.6) is 0 Å². The highest BCUT2D eigenvalue weighted by molar-refractivity contribution is 5.85. The van der Waals surface area contributed by atoms with Crippen molar-refractivity contribution in [3.63, 3.8) is 0 Å². The summed E-state index contributed by atoms with van der Waals surface area (Å²) in [6, 6.07) is 2.52. The molecule has 0 aliphatic heterocycles. The fourth-order valence-corrected chi connectivity index (χ4v) is 1.86. The van der Waals surface area contributed by atoms with Crippen LogP contribution in [0.15, 0.2) is 22.8 Å². The molecule has 7 heteroatoms. The minimum atomic E-state index is -0.941. The number of furan rings is 1. The third-order valence-electron chi connectivity index (χ3n) is 2.96. The van der Waals surface area contributed by atoms with Crippen LogP contribution >= 0.6 is 0 Å². The summed E-state index contributed by atoms with van der Waals surface area (Å²) in [5.74, 6) is -0.161. The zero-order chi connectivity index (χ0) is 17.6. The first-order chi connectivity index (χ1) is 10.6. The molecule has 130 valence electrons. The fraction of sp³-hybridized carbons (Fsp3) is 0.625. The highest BCUT2D eigenvalue weighted by atomic mass is 16.6. The highest BCUT2D eigenvalue weighted by Gasteiger charge is 2.27. The SMILES string of the molecule is CC(C)C(NC(=O)OC(C)(C)C)C(=O)NCC(O)c1ccco1. The van der Waals surface area contributed by atoms with Gasteiger partial charge in [-0.1, -0.05) is 13.8 Å². The molecule has 1 rings (SSSR count). The summed E-state index contributed by atoms with van der Waals surface area (Å²) in [6.07, 6.45) is -0.150. The average Bonchev–Trinajstić information content (AvgIpc) is 2.93. The normalized spacial score (nSPS) is 14.2. The van der Waals surface area contributed by atoms with Crippen molar-refractivity contribution in [2.75, 3.05) is 6.54 Å². The molecule has 2 unspecified atom stereocenters. The maximum Gasteiger partial charge on any atom is 0.408 e. The third kappa shape index (κ3) is 6.73. The van der Waals surface area contributed by atoms with Crippen molar-refractivity contribution in [3.8, 4) is 0 Å². The lowest BCUT2D eigenvalue weighted by Gasteiger charge is -2.25. The standard InChI is InChI=1S/C16H26N2O5/c1-10(2)13(18-15(21)23-16(3,4)5)14(20)17-9-11(19)12-7-6-8-22-12/h6-8,10-11,13,19H,9H2,1-5H3,(H,17,20)(H,18,21). The molecule has 1 heterocycles. The molecule has 2 atom stereocenters. The Morgan fingerprint density at radius 1 is 1.35 bits per heavy atom. The summed E-state index contributed by atoms with van der Waals surface area (Å²) in [4.78, 5) is 24.1.